The van der Waals surface area contributed by atoms with Crippen molar-refractivity contribution in [3.8, 4) is 22.5 Å². The number of halogens is 9. The van der Waals surface area contributed by atoms with Crippen molar-refractivity contribution < 1.29 is 39.9 Å². The summed E-state index contributed by atoms with van der Waals surface area (Å²) in [6.45, 7) is 0. The van der Waals surface area contributed by atoms with Crippen LogP contribution in [0.3, 0.4) is 0 Å². The lowest BCUT2D eigenvalue weighted by atomic mass is 10.0. The van der Waals surface area contributed by atoms with E-state index in [1.807, 2.05) is 0 Å². The summed E-state index contributed by atoms with van der Waals surface area (Å²) in [7, 11) is 0.752. The Balaban J connectivity index is 1.74. The summed E-state index contributed by atoms with van der Waals surface area (Å²) in [6.07, 6.45) is -9.16. The van der Waals surface area contributed by atoms with E-state index in [-0.39, 0.29) is 31.7 Å². The van der Waals surface area contributed by atoms with Crippen molar-refractivity contribution in [2.24, 2.45) is 12.5 Å². The number of nitriles is 1. The number of aromatic nitrogens is 5. The van der Waals surface area contributed by atoms with Gasteiger partial charge in [0.15, 0.2) is 17.3 Å². The Morgan fingerprint density at radius 2 is 1.86 bits per heavy atom. The molecule has 3 aromatic heterocycles. The Labute approximate surface area is 204 Å². The SMILES string of the molecule is Cn1nc(C(F)(F)C(F)(F)F)c(C(F)(F)F)c1-n1cc(-c2nc(C(=O)CC3(C#N)CC3)c(Cl)s2)cn1. The molecule has 0 aliphatic heterocycles. The van der Waals surface area contributed by atoms with Crippen LogP contribution in [0.5, 0.6) is 0 Å². The first-order chi connectivity index (χ1) is 16.5. The predicted molar refractivity (Wildman–Crippen MR) is 108 cm³/mol. The molecule has 192 valence electrons. The molecule has 0 aromatic carbocycles. The average molecular weight is 559 g/mol. The fourth-order valence-corrected chi connectivity index (χ4v) is 4.56. The number of nitrogens with zero attached hydrogens (tertiary/aromatic N) is 6. The van der Waals surface area contributed by atoms with E-state index in [0.717, 1.165) is 30.8 Å². The predicted octanol–water partition coefficient (Wildman–Crippen LogP) is 5.93. The van der Waals surface area contributed by atoms with Gasteiger partial charge >= 0.3 is 18.3 Å². The van der Waals surface area contributed by atoms with Crippen LogP contribution >= 0.6 is 22.9 Å². The van der Waals surface area contributed by atoms with E-state index >= 15 is 0 Å². The molecule has 0 unspecified atom stereocenters. The summed E-state index contributed by atoms with van der Waals surface area (Å²) >= 11 is 6.85. The minimum absolute atomic E-state index is 0.000763. The maximum atomic E-state index is 13.9. The summed E-state index contributed by atoms with van der Waals surface area (Å²) in [5.74, 6) is -7.61. The molecule has 0 amide bonds. The average Bonchev–Trinajstić information content (AvgIpc) is 3.08. The summed E-state index contributed by atoms with van der Waals surface area (Å²) < 4.78 is 108. The zero-order valence-corrected chi connectivity index (χ0v) is 19.2. The Bertz CT molecular complexity index is 1390. The van der Waals surface area contributed by atoms with Gasteiger partial charge in [-0.1, -0.05) is 11.6 Å². The highest BCUT2D eigenvalue weighted by molar-refractivity contribution is 7.19. The third kappa shape index (κ3) is 4.34. The number of Topliss-reactive ketones (excluding diaryl/α,β-unsaturated/α-hetero) is 1. The number of hydrogen-bond donors (Lipinski definition) is 0. The summed E-state index contributed by atoms with van der Waals surface area (Å²) in [4.78, 5) is 16.6. The maximum Gasteiger partial charge on any atom is 0.459 e. The molecule has 1 saturated carbocycles. The lowest BCUT2D eigenvalue weighted by molar-refractivity contribution is -0.292. The lowest BCUT2D eigenvalue weighted by Gasteiger charge is -2.19. The van der Waals surface area contributed by atoms with Crippen molar-refractivity contribution in [3.63, 3.8) is 0 Å². The minimum atomic E-state index is -6.33. The monoisotopic (exact) mass is 558 g/mol. The molecule has 36 heavy (non-hydrogen) atoms. The van der Waals surface area contributed by atoms with Crippen molar-refractivity contribution in [2.45, 2.75) is 37.5 Å². The molecule has 0 spiro atoms. The molecular formula is C19H11ClF8N6OS. The zero-order chi connectivity index (χ0) is 26.8. The van der Waals surface area contributed by atoms with Crippen molar-refractivity contribution in [2.75, 3.05) is 0 Å². The van der Waals surface area contributed by atoms with Crippen molar-refractivity contribution in [1.82, 2.24) is 24.5 Å². The van der Waals surface area contributed by atoms with Gasteiger partial charge in [-0.2, -0.15) is 50.6 Å². The number of alkyl halides is 8. The van der Waals surface area contributed by atoms with E-state index in [4.69, 9.17) is 16.9 Å². The lowest BCUT2D eigenvalue weighted by Crippen LogP contribution is -2.36. The van der Waals surface area contributed by atoms with Gasteiger partial charge in [-0.05, 0) is 12.8 Å². The van der Waals surface area contributed by atoms with Gasteiger partial charge in [-0.15, -0.1) is 11.3 Å². The Hall–Kier alpha value is -3.06. The molecule has 0 radical (unpaired) electrons. The van der Waals surface area contributed by atoms with Gasteiger partial charge < -0.3 is 0 Å². The first-order valence-electron chi connectivity index (χ1n) is 9.76. The topological polar surface area (TPSA) is 89.4 Å². The van der Waals surface area contributed by atoms with Crippen LogP contribution in [0.25, 0.3) is 16.4 Å². The van der Waals surface area contributed by atoms with Crippen LogP contribution in [0.1, 0.15) is 41.0 Å². The highest BCUT2D eigenvalue weighted by Gasteiger charge is 2.64. The second-order valence-corrected chi connectivity index (χ2v) is 9.65. The molecule has 17 heteroatoms. The van der Waals surface area contributed by atoms with Crippen LogP contribution in [0.4, 0.5) is 35.1 Å². The molecule has 0 N–H and O–H groups in total. The van der Waals surface area contributed by atoms with E-state index in [1.54, 1.807) is 0 Å². The van der Waals surface area contributed by atoms with Gasteiger partial charge in [0.05, 0.1) is 17.7 Å². The fourth-order valence-electron chi connectivity index (χ4n) is 3.41. The largest absolute Gasteiger partial charge is 0.459 e. The molecule has 4 rings (SSSR count). The molecule has 3 heterocycles. The van der Waals surface area contributed by atoms with Crippen molar-refractivity contribution in [1.29, 1.82) is 5.26 Å². The zero-order valence-electron chi connectivity index (χ0n) is 17.7. The molecule has 0 bridgehead atoms. The molecule has 1 aliphatic rings. The van der Waals surface area contributed by atoms with E-state index in [2.05, 4.69) is 21.3 Å². The maximum absolute atomic E-state index is 13.9. The smallest absolute Gasteiger partial charge is 0.292 e. The Morgan fingerprint density at radius 3 is 2.39 bits per heavy atom. The number of aryl methyl sites for hydroxylation is 1. The highest BCUT2D eigenvalue weighted by Crippen LogP contribution is 2.50. The number of carbonyl (C=O) groups excluding carboxylic acids is 1. The van der Waals surface area contributed by atoms with Crippen LogP contribution in [0, 0.1) is 16.7 Å². The first kappa shape index (κ1) is 26.0. The first-order valence-corrected chi connectivity index (χ1v) is 11.0. The fraction of sp³-hybridized carbons (Fsp3) is 0.421. The third-order valence-corrected chi connectivity index (χ3v) is 6.74. The molecule has 0 saturated heterocycles. The van der Waals surface area contributed by atoms with Crippen LogP contribution < -0.4 is 0 Å². The Kier molecular flexibility index (Phi) is 5.95. The molecule has 0 atom stereocenters. The minimum Gasteiger partial charge on any atom is -0.292 e. The summed E-state index contributed by atoms with van der Waals surface area (Å²) in [6, 6.07) is 2.05. The van der Waals surface area contributed by atoms with Gasteiger partial charge in [0, 0.05) is 25.2 Å². The standard InChI is InChI=1S/C19H11ClF8N6OS/c1-33-15(10(18(23,24)25)12(32-33)17(21,22)19(26,27)28)34-6-8(5-30-34)14-31-11(13(20)36-14)9(35)4-16(7-29)2-3-16/h5-6H,2-4H2,1H3. The number of thiazole rings is 1. The molecular weight excluding hydrogens is 548 g/mol. The quantitative estimate of drug-likeness (QED) is 0.276. The van der Waals surface area contributed by atoms with Crippen LogP contribution in [0.15, 0.2) is 12.4 Å². The van der Waals surface area contributed by atoms with Gasteiger partial charge in [-0.3, -0.25) is 4.79 Å². The second kappa shape index (κ2) is 8.23. The van der Waals surface area contributed by atoms with Crippen molar-refractivity contribution in [3.05, 3.63) is 33.7 Å². The second-order valence-electron chi connectivity index (χ2n) is 8.05. The van der Waals surface area contributed by atoms with E-state index < -0.39 is 46.5 Å². The molecule has 3 aromatic rings. The van der Waals surface area contributed by atoms with Crippen molar-refractivity contribution >= 4 is 28.7 Å². The number of ketones is 1. The van der Waals surface area contributed by atoms with Gasteiger partial charge in [-0.25, -0.2) is 14.3 Å². The van der Waals surface area contributed by atoms with Gasteiger partial charge in [0.2, 0.25) is 0 Å². The van der Waals surface area contributed by atoms with Crippen LogP contribution in [-0.4, -0.2) is 36.5 Å². The third-order valence-electron chi connectivity index (χ3n) is 5.44. The molecule has 1 fully saturated rings. The molecule has 1 aliphatic carbocycles. The number of hydrogen-bond acceptors (Lipinski definition) is 6. The normalized spacial score (nSPS) is 15.7. The van der Waals surface area contributed by atoms with E-state index in [9.17, 15) is 39.9 Å². The van der Waals surface area contributed by atoms with Crippen LogP contribution in [0.2, 0.25) is 4.34 Å². The number of carbonyl (C=O) groups is 1. The van der Waals surface area contributed by atoms with Crippen LogP contribution in [-0.2, 0) is 19.1 Å². The Morgan fingerprint density at radius 1 is 1.22 bits per heavy atom. The summed E-state index contributed by atoms with van der Waals surface area (Å²) in [5.41, 5.74) is -5.77. The van der Waals surface area contributed by atoms with E-state index in [1.165, 1.54) is 0 Å². The van der Waals surface area contributed by atoms with Gasteiger partial charge in [0.1, 0.15) is 20.6 Å². The molecule has 7 nitrogen and oxygen atoms in total. The van der Waals surface area contributed by atoms with E-state index in [0.29, 0.717) is 17.5 Å². The highest BCUT2D eigenvalue weighted by atomic mass is 35.5. The summed E-state index contributed by atoms with van der Waals surface area (Å²) in [5, 5.41) is 15.6. The van der Waals surface area contributed by atoms with Gasteiger partial charge in [0.25, 0.3) is 0 Å². The number of rotatable bonds is 6.